The third-order valence-corrected chi connectivity index (χ3v) is 4.41. The Morgan fingerprint density at radius 2 is 2.00 bits per heavy atom. The highest BCUT2D eigenvalue weighted by Gasteiger charge is 2.25. The van der Waals surface area contributed by atoms with Crippen LogP contribution in [-0.2, 0) is 6.42 Å². The summed E-state index contributed by atoms with van der Waals surface area (Å²) in [6.07, 6.45) is 1.18. The number of amides is 2. The number of rotatable bonds is 5. The second-order valence-electron chi connectivity index (χ2n) is 6.01. The van der Waals surface area contributed by atoms with Gasteiger partial charge in [-0.15, -0.1) is 0 Å². The molecule has 5 heteroatoms. The number of hydrogen-bond donors (Lipinski definition) is 3. The van der Waals surface area contributed by atoms with E-state index in [0.717, 1.165) is 11.1 Å². The lowest BCUT2D eigenvalue weighted by Gasteiger charge is -2.16. The number of halogens is 1. The van der Waals surface area contributed by atoms with Crippen LogP contribution >= 0.6 is 0 Å². The van der Waals surface area contributed by atoms with Gasteiger partial charge in [0.05, 0.1) is 12.1 Å². The number of fused-ring (bicyclic) bond motifs is 1. The van der Waals surface area contributed by atoms with Crippen molar-refractivity contribution in [1.82, 2.24) is 10.6 Å². The Morgan fingerprint density at radius 3 is 2.79 bits per heavy atom. The second-order valence-corrected chi connectivity index (χ2v) is 6.01. The average Bonchev–Trinajstić information content (AvgIpc) is 3.00. The van der Waals surface area contributed by atoms with Gasteiger partial charge in [-0.3, -0.25) is 0 Å². The van der Waals surface area contributed by atoms with Gasteiger partial charge in [0.15, 0.2) is 0 Å². The molecule has 126 valence electrons. The van der Waals surface area contributed by atoms with Crippen LogP contribution in [0, 0.1) is 5.82 Å². The summed E-state index contributed by atoms with van der Waals surface area (Å²) in [4.78, 5) is 12.0. The molecule has 2 amide bonds. The van der Waals surface area contributed by atoms with E-state index in [-0.39, 0.29) is 17.9 Å². The van der Waals surface area contributed by atoms with Crippen molar-refractivity contribution in [3.63, 3.8) is 0 Å². The number of hydrogen-bond acceptors (Lipinski definition) is 2. The molecular formula is C19H21FN2O2. The van der Waals surface area contributed by atoms with Crippen molar-refractivity contribution < 1.29 is 14.3 Å². The van der Waals surface area contributed by atoms with Crippen LogP contribution in [0.4, 0.5) is 9.18 Å². The van der Waals surface area contributed by atoms with Crippen molar-refractivity contribution in [2.75, 3.05) is 6.54 Å². The predicted octanol–water partition coefficient (Wildman–Crippen LogP) is 3.24. The van der Waals surface area contributed by atoms with Crippen LogP contribution in [0.3, 0.4) is 0 Å². The van der Waals surface area contributed by atoms with Crippen LogP contribution in [0.15, 0.2) is 48.5 Å². The first kappa shape index (κ1) is 16.5. The second kappa shape index (κ2) is 7.45. The molecule has 2 aromatic carbocycles. The number of aliphatic hydroxyl groups excluding tert-OH is 1. The fourth-order valence-electron chi connectivity index (χ4n) is 3.13. The van der Waals surface area contributed by atoms with Crippen molar-refractivity contribution in [2.24, 2.45) is 0 Å². The average molecular weight is 328 g/mol. The zero-order valence-corrected chi connectivity index (χ0v) is 13.3. The van der Waals surface area contributed by atoms with Crippen LogP contribution in [0.1, 0.15) is 41.7 Å². The zero-order valence-electron chi connectivity index (χ0n) is 13.3. The highest BCUT2D eigenvalue weighted by Crippen LogP contribution is 2.32. The van der Waals surface area contributed by atoms with E-state index in [1.165, 1.54) is 6.07 Å². The number of urea groups is 1. The number of benzene rings is 2. The quantitative estimate of drug-likeness (QED) is 0.789. The molecule has 24 heavy (non-hydrogen) atoms. The van der Waals surface area contributed by atoms with E-state index in [2.05, 4.69) is 10.6 Å². The SMILES string of the molecule is O=C(NCCC(O)c1ccccc1)NC1CCc2c(F)cccc21. The summed E-state index contributed by atoms with van der Waals surface area (Å²) in [6, 6.07) is 13.9. The van der Waals surface area contributed by atoms with E-state index in [1.807, 2.05) is 36.4 Å². The molecule has 2 aromatic rings. The Hall–Kier alpha value is -2.40. The van der Waals surface area contributed by atoms with Gasteiger partial charge < -0.3 is 15.7 Å². The van der Waals surface area contributed by atoms with Crippen molar-refractivity contribution in [3.05, 3.63) is 71.0 Å². The van der Waals surface area contributed by atoms with E-state index < -0.39 is 6.10 Å². The van der Waals surface area contributed by atoms with E-state index >= 15 is 0 Å². The van der Waals surface area contributed by atoms with Crippen LogP contribution in [0.2, 0.25) is 0 Å². The Morgan fingerprint density at radius 1 is 1.21 bits per heavy atom. The minimum atomic E-state index is -0.604. The van der Waals surface area contributed by atoms with Crippen molar-refractivity contribution in [1.29, 1.82) is 0 Å². The maximum absolute atomic E-state index is 13.7. The maximum atomic E-state index is 13.7. The highest BCUT2D eigenvalue weighted by atomic mass is 19.1. The summed E-state index contributed by atoms with van der Waals surface area (Å²) < 4.78 is 13.7. The first-order valence-corrected chi connectivity index (χ1v) is 8.20. The van der Waals surface area contributed by atoms with Gasteiger partial charge in [0.25, 0.3) is 0 Å². The summed E-state index contributed by atoms with van der Waals surface area (Å²) in [7, 11) is 0. The topological polar surface area (TPSA) is 61.4 Å². The Bertz CT molecular complexity index is 706. The highest BCUT2D eigenvalue weighted by molar-refractivity contribution is 5.74. The van der Waals surface area contributed by atoms with Gasteiger partial charge in [-0.1, -0.05) is 42.5 Å². The predicted molar refractivity (Wildman–Crippen MR) is 90.0 cm³/mol. The first-order valence-electron chi connectivity index (χ1n) is 8.20. The van der Waals surface area contributed by atoms with Crippen molar-refractivity contribution in [2.45, 2.75) is 31.4 Å². The summed E-state index contributed by atoms with van der Waals surface area (Å²) in [6.45, 7) is 0.366. The van der Waals surface area contributed by atoms with Crippen molar-refractivity contribution >= 4 is 6.03 Å². The van der Waals surface area contributed by atoms with Gasteiger partial charge in [-0.25, -0.2) is 9.18 Å². The van der Waals surface area contributed by atoms with Crippen LogP contribution < -0.4 is 10.6 Å². The van der Waals surface area contributed by atoms with Crippen LogP contribution in [-0.4, -0.2) is 17.7 Å². The molecule has 0 spiro atoms. The lowest BCUT2D eigenvalue weighted by Crippen LogP contribution is -2.38. The molecule has 0 fully saturated rings. The molecule has 2 atom stereocenters. The molecule has 0 radical (unpaired) electrons. The third-order valence-electron chi connectivity index (χ3n) is 4.41. The van der Waals surface area contributed by atoms with Crippen molar-refractivity contribution in [3.8, 4) is 0 Å². The summed E-state index contributed by atoms with van der Waals surface area (Å²) in [5.41, 5.74) is 2.39. The molecule has 3 N–H and O–H groups in total. The summed E-state index contributed by atoms with van der Waals surface area (Å²) >= 11 is 0. The Kier molecular flexibility index (Phi) is 5.11. The fourth-order valence-corrected chi connectivity index (χ4v) is 3.13. The summed E-state index contributed by atoms with van der Waals surface area (Å²) in [5, 5.41) is 15.7. The normalized spacial score (nSPS) is 17.2. The smallest absolute Gasteiger partial charge is 0.315 e. The maximum Gasteiger partial charge on any atom is 0.315 e. The third kappa shape index (κ3) is 3.74. The molecule has 3 rings (SSSR count). The Labute approximate surface area is 140 Å². The number of carbonyl (C=O) groups is 1. The molecule has 2 unspecified atom stereocenters. The van der Waals surface area contributed by atoms with E-state index in [9.17, 15) is 14.3 Å². The van der Waals surface area contributed by atoms with Gasteiger partial charge >= 0.3 is 6.03 Å². The van der Waals surface area contributed by atoms with E-state index in [1.54, 1.807) is 6.07 Å². The molecule has 0 saturated carbocycles. The lowest BCUT2D eigenvalue weighted by molar-refractivity contribution is 0.166. The monoisotopic (exact) mass is 328 g/mol. The molecule has 1 aliphatic rings. The minimum Gasteiger partial charge on any atom is -0.388 e. The molecule has 4 nitrogen and oxygen atoms in total. The molecule has 0 heterocycles. The standard InChI is InChI=1S/C19H21FN2O2/c20-16-8-4-7-15-14(16)9-10-17(15)22-19(24)21-12-11-18(23)13-5-2-1-3-6-13/h1-8,17-18,23H,9-12H2,(H2,21,22,24). The number of aliphatic hydroxyl groups is 1. The molecule has 0 aromatic heterocycles. The largest absolute Gasteiger partial charge is 0.388 e. The molecule has 0 bridgehead atoms. The van der Waals surface area contributed by atoms with E-state index in [4.69, 9.17) is 0 Å². The number of carbonyl (C=O) groups excluding carboxylic acids is 1. The lowest BCUT2D eigenvalue weighted by atomic mass is 10.1. The molecule has 1 aliphatic carbocycles. The fraction of sp³-hybridized carbons (Fsp3) is 0.316. The van der Waals surface area contributed by atoms with E-state index in [0.29, 0.717) is 31.4 Å². The van der Waals surface area contributed by atoms with Crippen LogP contribution in [0.25, 0.3) is 0 Å². The molecular weight excluding hydrogens is 307 g/mol. The van der Waals surface area contributed by atoms with Gasteiger partial charge in [0.2, 0.25) is 0 Å². The van der Waals surface area contributed by atoms with Gasteiger partial charge in [0.1, 0.15) is 5.82 Å². The van der Waals surface area contributed by atoms with Gasteiger partial charge in [-0.05, 0) is 42.0 Å². The minimum absolute atomic E-state index is 0.158. The zero-order chi connectivity index (χ0) is 16.9. The first-order chi connectivity index (χ1) is 11.6. The molecule has 0 saturated heterocycles. The molecule has 0 aliphatic heterocycles. The Balaban J connectivity index is 1.47. The number of nitrogens with one attached hydrogen (secondary N) is 2. The summed E-state index contributed by atoms with van der Waals surface area (Å²) in [5.74, 6) is -0.205. The van der Waals surface area contributed by atoms with Gasteiger partial charge in [-0.2, -0.15) is 0 Å². The van der Waals surface area contributed by atoms with Gasteiger partial charge in [0, 0.05) is 6.54 Å². The van der Waals surface area contributed by atoms with Crippen LogP contribution in [0.5, 0.6) is 0 Å².